The topological polar surface area (TPSA) is 48.3 Å². The standard InChI is InChI=1S/C24H21NO3S/c1-3-28-24(27)19-9-4-7-16(13-19)21-11-5-8-17-14-20(29-22(17)21)15-18-10-6-12-25(2)23(18)26/h4-14H,3,15H2,1-2H3. The van der Waals surface area contributed by atoms with Gasteiger partial charge in [-0.3, -0.25) is 4.79 Å². The number of hydrogen-bond acceptors (Lipinski definition) is 4. The molecule has 0 saturated heterocycles. The van der Waals surface area contributed by atoms with E-state index in [1.807, 2.05) is 36.4 Å². The smallest absolute Gasteiger partial charge is 0.338 e. The summed E-state index contributed by atoms with van der Waals surface area (Å²) >= 11 is 1.69. The largest absolute Gasteiger partial charge is 0.462 e. The lowest BCUT2D eigenvalue weighted by Gasteiger charge is -2.06. The Morgan fingerprint density at radius 2 is 1.90 bits per heavy atom. The first-order chi connectivity index (χ1) is 14.1. The molecule has 0 radical (unpaired) electrons. The second kappa shape index (κ2) is 8.05. The average molecular weight is 404 g/mol. The van der Waals surface area contributed by atoms with Gasteiger partial charge in [0.1, 0.15) is 0 Å². The van der Waals surface area contributed by atoms with E-state index < -0.39 is 0 Å². The highest BCUT2D eigenvalue weighted by atomic mass is 32.1. The molecule has 4 nitrogen and oxygen atoms in total. The number of fused-ring (bicyclic) bond motifs is 1. The number of pyridine rings is 1. The van der Waals surface area contributed by atoms with Gasteiger partial charge in [-0.05, 0) is 47.7 Å². The van der Waals surface area contributed by atoms with Crippen molar-refractivity contribution in [1.29, 1.82) is 0 Å². The maximum Gasteiger partial charge on any atom is 0.338 e. The van der Waals surface area contributed by atoms with E-state index in [4.69, 9.17) is 4.74 Å². The van der Waals surface area contributed by atoms with Gasteiger partial charge in [-0.2, -0.15) is 0 Å². The van der Waals surface area contributed by atoms with Crippen LogP contribution in [-0.4, -0.2) is 17.1 Å². The van der Waals surface area contributed by atoms with Crippen LogP contribution in [0.3, 0.4) is 0 Å². The molecule has 0 aliphatic rings. The fourth-order valence-electron chi connectivity index (χ4n) is 3.44. The number of aromatic nitrogens is 1. The van der Waals surface area contributed by atoms with Crippen LogP contribution in [0.2, 0.25) is 0 Å². The second-order valence-electron chi connectivity index (χ2n) is 6.86. The molecular weight excluding hydrogens is 382 g/mol. The van der Waals surface area contributed by atoms with Crippen LogP contribution < -0.4 is 5.56 Å². The van der Waals surface area contributed by atoms with Gasteiger partial charge in [-0.25, -0.2) is 4.79 Å². The molecule has 4 rings (SSSR count). The molecule has 0 spiro atoms. The first kappa shape index (κ1) is 19.2. The number of nitrogens with zero attached hydrogens (tertiary/aromatic N) is 1. The molecule has 29 heavy (non-hydrogen) atoms. The zero-order chi connectivity index (χ0) is 20.4. The first-order valence-electron chi connectivity index (χ1n) is 9.50. The van der Waals surface area contributed by atoms with Crippen LogP contribution in [0.4, 0.5) is 0 Å². The Kier molecular flexibility index (Phi) is 5.32. The van der Waals surface area contributed by atoms with Crippen molar-refractivity contribution in [2.75, 3.05) is 6.61 Å². The summed E-state index contributed by atoms with van der Waals surface area (Å²) in [5, 5.41) is 1.14. The Morgan fingerprint density at radius 3 is 2.72 bits per heavy atom. The van der Waals surface area contributed by atoms with Crippen molar-refractivity contribution >= 4 is 27.4 Å². The van der Waals surface area contributed by atoms with Gasteiger partial charge in [0.2, 0.25) is 0 Å². The third kappa shape index (κ3) is 3.87. The van der Waals surface area contributed by atoms with Crippen molar-refractivity contribution in [2.24, 2.45) is 7.05 Å². The summed E-state index contributed by atoms with van der Waals surface area (Å²) in [6, 6.07) is 19.6. The SMILES string of the molecule is CCOC(=O)c1cccc(-c2cccc3cc(Cc4cccn(C)c4=O)sc23)c1. The van der Waals surface area contributed by atoms with E-state index >= 15 is 0 Å². The van der Waals surface area contributed by atoms with E-state index in [1.54, 1.807) is 42.1 Å². The minimum absolute atomic E-state index is 0.0346. The van der Waals surface area contributed by atoms with Crippen molar-refractivity contribution < 1.29 is 9.53 Å². The lowest BCUT2D eigenvalue weighted by atomic mass is 10.0. The predicted molar refractivity (Wildman–Crippen MR) is 118 cm³/mol. The number of benzene rings is 2. The van der Waals surface area contributed by atoms with Gasteiger partial charge in [0.15, 0.2) is 0 Å². The molecule has 0 saturated carbocycles. The summed E-state index contributed by atoms with van der Waals surface area (Å²) < 4.78 is 7.89. The monoisotopic (exact) mass is 403 g/mol. The minimum Gasteiger partial charge on any atom is -0.462 e. The van der Waals surface area contributed by atoms with Crippen LogP contribution in [0.15, 0.2) is 71.7 Å². The number of thiophene rings is 1. The molecule has 2 heterocycles. The van der Waals surface area contributed by atoms with Gasteiger partial charge in [0, 0.05) is 34.8 Å². The molecule has 0 bridgehead atoms. The number of rotatable bonds is 5. The first-order valence-corrected chi connectivity index (χ1v) is 10.3. The van der Waals surface area contributed by atoms with Gasteiger partial charge in [0.25, 0.3) is 5.56 Å². The lowest BCUT2D eigenvalue weighted by Crippen LogP contribution is -2.19. The van der Waals surface area contributed by atoms with E-state index in [-0.39, 0.29) is 11.5 Å². The molecule has 0 unspecified atom stereocenters. The Labute approximate surface area is 173 Å². The number of carbonyl (C=O) groups is 1. The van der Waals surface area contributed by atoms with E-state index in [2.05, 4.69) is 18.2 Å². The molecule has 2 aromatic carbocycles. The van der Waals surface area contributed by atoms with E-state index in [0.717, 1.165) is 31.7 Å². The summed E-state index contributed by atoms with van der Waals surface area (Å²) in [6.07, 6.45) is 2.38. The van der Waals surface area contributed by atoms with Crippen LogP contribution >= 0.6 is 11.3 Å². The molecule has 4 aromatic rings. The minimum atomic E-state index is -0.312. The third-order valence-electron chi connectivity index (χ3n) is 4.85. The third-order valence-corrected chi connectivity index (χ3v) is 6.03. The Balaban J connectivity index is 1.74. The van der Waals surface area contributed by atoms with Crippen LogP contribution in [0.25, 0.3) is 21.2 Å². The summed E-state index contributed by atoms with van der Waals surface area (Å²) in [6.45, 7) is 2.15. The quantitative estimate of drug-likeness (QED) is 0.439. The number of esters is 1. The van der Waals surface area contributed by atoms with E-state index in [1.165, 1.54) is 0 Å². The van der Waals surface area contributed by atoms with Crippen LogP contribution in [0.5, 0.6) is 0 Å². The summed E-state index contributed by atoms with van der Waals surface area (Å²) in [4.78, 5) is 25.6. The van der Waals surface area contributed by atoms with Crippen molar-refractivity contribution in [1.82, 2.24) is 4.57 Å². The van der Waals surface area contributed by atoms with Crippen molar-refractivity contribution in [2.45, 2.75) is 13.3 Å². The molecule has 0 aliphatic carbocycles. The fourth-order valence-corrected chi connectivity index (χ4v) is 4.65. The zero-order valence-corrected chi connectivity index (χ0v) is 17.2. The normalized spacial score (nSPS) is 11.0. The predicted octanol–water partition coefficient (Wildman–Crippen LogP) is 5.03. The Hall–Kier alpha value is -3.18. The van der Waals surface area contributed by atoms with E-state index in [9.17, 15) is 9.59 Å². The van der Waals surface area contributed by atoms with Crippen molar-refractivity contribution in [3.8, 4) is 11.1 Å². The highest BCUT2D eigenvalue weighted by molar-refractivity contribution is 7.19. The molecule has 5 heteroatoms. The molecule has 0 atom stereocenters. The van der Waals surface area contributed by atoms with E-state index in [0.29, 0.717) is 18.6 Å². The summed E-state index contributed by atoms with van der Waals surface area (Å²) in [5.41, 5.74) is 3.42. The van der Waals surface area contributed by atoms with Crippen LogP contribution in [0, 0.1) is 0 Å². The molecule has 0 aliphatic heterocycles. The fraction of sp³-hybridized carbons (Fsp3) is 0.167. The van der Waals surface area contributed by atoms with Gasteiger partial charge >= 0.3 is 5.97 Å². The van der Waals surface area contributed by atoms with Gasteiger partial charge in [0.05, 0.1) is 12.2 Å². The van der Waals surface area contributed by atoms with Crippen molar-refractivity contribution in [3.05, 3.63) is 93.2 Å². The molecule has 0 fully saturated rings. The summed E-state index contributed by atoms with van der Waals surface area (Å²) in [5.74, 6) is -0.312. The van der Waals surface area contributed by atoms with Crippen molar-refractivity contribution in [3.63, 3.8) is 0 Å². The van der Waals surface area contributed by atoms with Gasteiger partial charge in [-0.1, -0.05) is 36.4 Å². The van der Waals surface area contributed by atoms with Gasteiger partial charge < -0.3 is 9.30 Å². The van der Waals surface area contributed by atoms with Gasteiger partial charge in [-0.15, -0.1) is 11.3 Å². The Morgan fingerprint density at radius 1 is 1.07 bits per heavy atom. The van der Waals surface area contributed by atoms with Crippen LogP contribution in [0.1, 0.15) is 27.7 Å². The number of hydrogen-bond donors (Lipinski definition) is 0. The summed E-state index contributed by atoms with van der Waals surface area (Å²) in [7, 11) is 1.77. The Bertz CT molecular complexity index is 1250. The molecule has 146 valence electrons. The lowest BCUT2D eigenvalue weighted by molar-refractivity contribution is 0.0526. The highest BCUT2D eigenvalue weighted by Gasteiger charge is 2.12. The molecule has 0 amide bonds. The number of ether oxygens (including phenoxy) is 1. The molecule has 2 aromatic heterocycles. The maximum absolute atomic E-state index is 12.4. The highest BCUT2D eigenvalue weighted by Crippen LogP contribution is 2.36. The number of carbonyl (C=O) groups excluding carboxylic acids is 1. The zero-order valence-electron chi connectivity index (χ0n) is 16.3. The molecular formula is C24H21NO3S. The maximum atomic E-state index is 12.4. The van der Waals surface area contributed by atoms with Crippen LogP contribution in [-0.2, 0) is 18.2 Å². The molecule has 0 N–H and O–H groups in total. The second-order valence-corrected chi connectivity index (χ2v) is 8.00. The average Bonchev–Trinajstić information content (AvgIpc) is 3.14. The number of aryl methyl sites for hydroxylation is 1.